The molecule has 1 unspecified atom stereocenters. The SMILES string of the molecule is CC(c1ccc(Br)cc1)N(CCN(C)C)CC(=O)O. The van der Waals surface area contributed by atoms with Crippen molar-refractivity contribution in [3.63, 3.8) is 0 Å². The van der Waals surface area contributed by atoms with Crippen LogP contribution in [0.2, 0.25) is 0 Å². The van der Waals surface area contributed by atoms with Gasteiger partial charge in [0.2, 0.25) is 0 Å². The van der Waals surface area contributed by atoms with Crippen molar-refractivity contribution in [2.75, 3.05) is 33.7 Å². The van der Waals surface area contributed by atoms with Crippen LogP contribution >= 0.6 is 15.9 Å². The molecule has 0 heterocycles. The molecule has 0 spiro atoms. The number of carboxylic acid groups (broad SMARTS) is 1. The second-order valence-corrected chi connectivity index (χ2v) is 5.81. The average Bonchev–Trinajstić information content (AvgIpc) is 2.34. The molecule has 0 aromatic heterocycles. The van der Waals surface area contributed by atoms with Crippen LogP contribution in [0.3, 0.4) is 0 Å². The van der Waals surface area contributed by atoms with Gasteiger partial charge in [-0.15, -0.1) is 0 Å². The minimum absolute atomic E-state index is 0.0606. The maximum absolute atomic E-state index is 11.0. The molecule has 1 rings (SSSR count). The van der Waals surface area contributed by atoms with Gasteiger partial charge in [-0.05, 0) is 38.7 Å². The van der Waals surface area contributed by atoms with Crippen molar-refractivity contribution in [2.24, 2.45) is 0 Å². The minimum Gasteiger partial charge on any atom is -0.480 e. The van der Waals surface area contributed by atoms with E-state index < -0.39 is 5.97 Å². The van der Waals surface area contributed by atoms with Crippen molar-refractivity contribution in [1.82, 2.24) is 9.80 Å². The lowest BCUT2D eigenvalue weighted by Gasteiger charge is -2.29. The van der Waals surface area contributed by atoms with E-state index in [0.717, 1.165) is 23.1 Å². The summed E-state index contributed by atoms with van der Waals surface area (Å²) in [5.41, 5.74) is 1.13. The summed E-state index contributed by atoms with van der Waals surface area (Å²) in [4.78, 5) is 15.0. The summed E-state index contributed by atoms with van der Waals surface area (Å²) in [6.07, 6.45) is 0. The molecule has 1 aromatic carbocycles. The van der Waals surface area contributed by atoms with Crippen molar-refractivity contribution in [1.29, 1.82) is 0 Å². The molecule has 1 atom stereocenters. The van der Waals surface area contributed by atoms with Gasteiger partial charge in [-0.2, -0.15) is 0 Å². The number of hydrogen-bond donors (Lipinski definition) is 1. The van der Waals surface area contributed by atoms with Crippen molar-refractivity contribution in [2.45, 2.75) is 13.0 Å². The van der Waals surface area contributed by atoms with E-state index in [2.05, 4.69) is 20.8 Å². The molecular weight excluding hydrogens is 308 g/mol. The Hall–Kier alpha value is -0.910. The zero-order valence-corrected chi connectivity index (χ0v) is 13.2. The van der Waals surface area contributed by atoms with Gasteiger partial charge in [0.15, 0.2) is 0 Å². The first kappa shape index (κ1) is 16.1. The van der Waals surface area contributed by atoms with Crippen LogP contribution < -0.4 is 0 Å². The fourth-order valence-electron chi connectivity index (χ4n) is 1.86. The highest BCUT2D eigenvalue weighted by atomic mass is 79.9. The Balaban J connectivity index is 2.77. The van der Waals surface area contributed by atoms with Crippen LogP contribution in [-0.4, -0.2) is 54.6 Å². The monoisotopic (exact) mass is 328 g/mol. The number of benzene rings is 1. The fourth-order valence-corrected chi connectivity index (χ4v) is 2.13. The van der Waals surface area contributed by atoms with Crippen LogP contribution in [0.4, 0.5) is 0 Å². The molecular formula is C14H21BrN2O2. The number of carboxylic acids is 1. The molecule has 0 bridgehead atoms. The summed E-state index contributed by atoms with van der Waals surface area (Å²) >= 11 is 3.41. The maximum Gasteiger partial charge on any atom is 0.317 e. The highest BCUT2D eigenvalue weighted by Crippen LogP contribution is 2.21. The van der Waals surface area contributed by atoms with Crippen LogP contribution in [0.25, 0.3) is 0 Å². The van der Waals surface area contributed by atoms with Crippen molar-refractivity contribution >= 4 is 21.9 Å². The summed E-state index contributed by atoms with van der Waals surface area (Å²) in [6, 6.07) is 8.11. The Labute approximate surface area is 123 Å². The first-order chi connectivity index (χ1) is 8.90. The highest BCUT2D eigenvalue weighted by molar-refractivity contribution is 9.10. The molecule has 0 saturated heterocycles. The number of rotatable bonds is 7. The van der Waals surface area contributed by atoms with Crippen LogP contribution in [0.5, 0.6) is 0 Å². The maximum atomic E-state index is 11.0. The Morgan fingerprint density at radius 1 is 1.26 bits per heavy atom. The largest absolute Gasteiger partial charge is 0.480 e. The van der Waals surface area contributed by atoms with Gasteiger partial charge in [0.25, 0.3) is 0 Å². The second-order valence-electron chi connectivity index (χ2n) is 4.90. The average molecular weight is 329 g/mol. The van der Waals surface area contributed by atoms with E-state index in [4.69, 9.17) is 5.11 Å². The lowest BCUT2D eigenvalue weighted by molar-refractivity contribution is -0.138. The molecule has 0 aliphatic heterocycles. The smallest absolute Gasteiger partial charge is 0.317 e. The Kier molecular flexibility index (Phi) is 6.48. The van der Waals surface area contributed by atoms with Crippen LogP contribution in [-0.2, 0) is 4.79 Å². The first-order valence-electron chi connectivity index (χ1n) is 6.26. The molecule has 19 heavy (non-hydrogen) atoms. The standard InChI is InChI=1S/C14H21BrN2O2/c1-11(12-4-6-13(15)7-5-12)17(10-14(18)19)9-8-16(2)3/h4-7,11H,8-10H2,1-3H3,(H,18,19). The van der Waals surface area contributed by atoms with Crippen LogP contribution in [0, 0.1) is 0 Å². The van der Waals surface area contributed by atoms with Gasteiger partial charge >= 0.3 is 5.97 Å². The van der Waals surface area contributed by atoms with Gasteiger partial charge in [0.1, 0.15) is 0 Å². The predicted octanol–water partition coefficient (Wildman–Crippen LogP) is 2.46. The van der Waals surface area contributed by atoms with Gasteiger partial charge < -0.3 is 10.0 Å². The number of halogens is 1. The number of carbonyl (C=O) groups is 1. The van der Waals surface area contributed by atoms with Gasteiger partial charge in [0.05, 0.1) is 6.54 Å². The number of nitrogens with zero attached hydrogens (tertiary/aromatic N) is 2. The lowest BCUT2D eigenvalue weighted by Crippen LogP contribution is -2.37. The second kappa shape index (κ2) is 7.62. The molecule has 0 saturated carbocycles. The van der Waals surface area contributed by atoms with Crippen LogP contribution in [0.15, 0.2) is 28.7 Å². The fraction of sp³-hybridized carbons (Fsp3) is 0.500. The zero-order valence-electron chi connectivity index (χ0n) is 11.6. The normalized spacial score (nSPS) is 12.9. The Bertz CT molecular complexity index is 406. The van der Waals surface area contributed by atoms with E-state index in [1.807, 2.05) is 50.2 Å². The van der Waals surface area contributed by atoms with E-state index in [1.54, 1.807) is 0 Å². The van der Waals surface area contributed by atoms with Gasteiger partial charge in [0, 0.05) is 23.6 Å². The molecule has 1 N–H and O–H groups in total. The van der Waals surface area contributed by atoms with E-state index >= 15 is 0 Å². The Morgan fingerprint density at radius 3 is 2.32 bits per heavy atom. The van der Waals surface area contributed by atoms with Crippen molar-refractivity contribution in [3.8, 4) is 0 Å². The highest BCUT2D eigenvalue weighted by Gasteiger charge is 2.18. The zero-order chi connectivity index (χ0) is 14.4. The third-order valence-electron chi connectivity index (χ3n) is 3.07. The molecule has 1 aromatic rings. The first-order valence-corrected chi connectivity index (χ1v) is 7.05. The quantitative estimate of drug-likeness (QED) is 0.835. The van der Waals surface area contributed by atoms with E-state index in [9.17, 15) is 4.79 Å². The van der Waals surface area contributed by atoms with E-state index in [-0.39, 0.29) is 12.6 Å². The Morgan fingerprint density at radius 2 is 1.84 bits per heavy atom. The topological polar surface area (TPSA) is 43.8 Å². The lowest BCUT2D eigenvalue weighted by atomic mass is 10.1. The van der Waals surface area contributed by atoms with Crippen LogP contribution in [0.1, 0.15) is 18.5 Å². The molecule has 0 aliphatic rings. The molecule has 5 heteroatoms. The number of likely N-dealkylation sites (N-methyl/N-ethyl adjacent to an activating group) is 1. The molecule has 4 nitrogen and oxygen atoms in total. The van der Waals surface area contributed by atoms with Gasteiger partial charge in [-0.25, -0.2) is 0 Å². The van der Waals surface area contributed by atoms with E-state index in [0.29, 0.717) is 0 Å². The summed E-state index contributed by atoms with van der Waals surface area (Å²) in [7, 11) is 3.98. The predicted molar refractivity (Wildman–Crippen MR) is 80.3 cm³/mol. The number of aliphatic carboxylic acids is 1. The van der Waals surface area contributed by atoms with Crippen molar-refractivity contribution in [3.05, 3.63) is 34.3 Å². The number of hydrogen-bond acceptors (Lipinski definition) is 3. The molecule has 0 fully saturated rings. The molecule has 0 aliphatic carbocycles. The molecule has 0 amide bonds. The third-order valence-corrected chi connectivity index (χ3v) is 3.60. The summed E-state index contributed by atoms with van der Waals surface area (Å²) in [5, 5.41) is 9.03. The van der Waals surface area contributed by atoms with E-state index in [1.165, 1.54) is 0 Å². The van der Waals surface area contributed by atoms with Gasteiger partial charge in [-0.3, -0.25) is 9.69 Å². The minimum atomic E-state index is -0.789. The summed E-state index contributed by atoms with van der Waals surface area (Å²) < 4.78 is 1.03. The molecule has 0 radical (unpaired) electrons. The third kappa shape index (κ3) is 5.72. The van der Waals surface area contributed by atoms with Gasteiger partial charge in [-0.1, -0.05) is 28.1 Å². The summed E-state index contributed by atoms with van der Waals surface area (Å²) in [5.74, 6) is -0.789. The summed E-state index contributed by atoms with van der Waals surface area (Å²) in [6.45, 7) is 3.68. The van der Waals surface area contributed by atoms with Crippen molar-refractivity contribution < 1.29 is 9.90 Å². The molecule has 106 valence electrons.